The fourth-order valence-electron chi connectivity index (χ4n) is 2.08. The van der Waals surface area contributed by atoms with Crippen LogP contribution in [-0.2, 0) is 0 Å². The van der Waals surface area contributed by atoms with Gasteiger partial charge in [0, 0.05) is 31.7 Å². The van der Waals surface area contributed by atoms with Crippen LogP contribution < -0.4 is 5.43 Å². The Balaban J connectivity index is 2.14. The molecule has 0 aliphatic carbocycles. The van der Waals surface area contributed by atoms with E-state index in [-0.39, 0.29) is 10.6 Å². The molecule has 2 rings (SSSR count). The zero-order valence-electron chi connectivity index (χ0n) is 10.7. The second kappa shape index (κ2) is 5.32. The second-order valence-electron chi connectivity index (χ2n) is 4.63. The maximum atomic E-state index is 11.1. The Bertz CT molecular complexity index is 442. The molecule has 1 aliphatic heterocycles. The van der Waals surface area contributed by atoms with Gasteiger partial charge in [-0.2, -0.15) is 0 Å². The molecule has 0 amide bonds. The number of benzene rings is 1. The van der Waals surface area contributed by atoms with E-state index in [1.807, 2.05) is 11.1 Å². The summed E-state index contributed by atoms with van der Waals surface area (Å²) in [4.78, 5) is 13.0. The first-order valence-electron chi connectivity index (χ1n) is 6.02. The summed E-state index contributed by atoms with van der Waals surface area (Å²) in [7, 11) is 2.08. The van der Waals surface area contributed by atoms with Gasteiger partial charge in [-0.1, -0.05) is 12.1 Å². The predicted octanol–water partition coefficient (Wildman–Crippen LogP) is 1.48. The number of nitro groups is 1. The van der Waals surface area contributed by atoms with E-state index in [9.17, 15) is 10.1 Å². The number of nitrogens with zero attached hydrogens (tertiary/aromatic N) is 3. The van der Waals surface area contributed by atoms with Gasteiger partial charge in [-0.25, -0.2) is 5.01 Å². The van der Waals surface area contributed by atoms with E-state index < -0.39 is 0 Å². The Kier molecular flexibility index (Phi) is 3.78. The molecular weight excluding hydrogens is 232 g/mol. The average Bonchev–Trinajstić information content (AvgIpc) is 2.32. The molecule has 1 aromatic rings. The minimum atomic E-state index is -0.326. The van der Waals surface area contributed by atoms with Gasteiger partial charge in [0.25, 0.3) is 5.69 Å². The van der Waals surface area contributed by atoms with Crippen LogP contribution >= 0.6 is 0 Å². The molecule has 1 N–H and O–H groups in total. The van der Waals surface area contributed by atoms with Crippen molar-refractivity contribution >= 4 is 11.4 Å². The fraction of sp³-hybridized carbons (Fsp3) is 0.500. The molecule has 1 aliphatic rings. The van der Waals surface area contributed by atoms with Gasteiger partial charge < -0.3 is 10.3 Å². The van der Waals surface area contributed by atoms with E-state index in [1.165, 1.54) is 0 Å². The lowest BCUT2D eigenvalue weighted by molar-refractivity contribution is -0.384. The zero-order chi connectivity index (χ0) is 13.1. The van der Waals surface area contributed by atoms with Gasteiger partial charge >= 0.3 is 0 Å². The van der Waals surface area contributed by atoms with Crippen LogP contribution in [0.5, 0.6) is 0 Å². The van der Waals surface area contributed by atoms with E-state index in [2.05, 4.69) is 17.4 Å². The van der Waals surface area contributed by atoms with Crippen molar-refractivity contribution in [3.63, 3.8) is 0 Å². The molecule has 6 nitrogen and oxygen atoms in total. The summed E-state index contributed by atoms with van der Waals surface area (Å²) in [5.41, 5.74) is 4.57. The average molecular weight is 250 g/mol. The first-order valence-corrected chi connectivity index (χ1v) is 6.02. The molecule has 6 heteroatoms. The number of piperazine rings is 1. The van der Waals surface area contributed by atoms with Crippen LogP contribution in [0.2, 0.25) is 0 Å². The third-order valence-corrected chi connectivity index (χ3v) is 3.20. The van der Waals surface area contributed by atoms with Crippen LogP contribution in [0.25, 0.3) is 0 Å². The topological polar surface area (TPSA) is 61.6 Å². The molecule has 0 saturated carbocycles. The van der Waals surface area contributed by atoms with Gasteiger partial charge in [-0.15, -0.1) is 0 Å². The third-order valence-electron chi connectivity index (χ3n) is 3.20. The van der Waals surface area contributed by atoms with E-state index in [0.717, 1.165) is 26.2 Å². The van der Waals surface area contributed by atoms with Gasteiger partial charge in [0.05, 0.1) is 4.92 Å². The van der Waals surface area contributed by atoms with Gasteiger partial charge in [-0.05, 0) is 20.0 Å². The molecule has 1 saturated heterocycles. The standard InChI is InChI=1S/C12H18N4O2/c1-10-4-3-5-11(12(10)16(17)18)13-15-8-6-14(2)7-9-15/h3-5,13H,6-9H2,1-2H3. The molecular formula is C12H18N4O2. The SMILES string of the molecule is Cc1cccc(NN2CCN(C)CC2)c1[N+](=O)[O-]. The number of hydrazine groups is 1. The van der Waals surface area contributed by atoms with E-state index >= 15 is 0 Å². The number of anilines is 1. The minimum absolute atomic E-state index is 0.163. The summed E-state index contributed by atoms with van der Waals surface area (Å²) in [6.07, 6.45) is 0. The predicted molar refractivity (Wildman–Crippen MR) is 70.5 cm³/mol. The van der Waals surface area contributed by atoms with Crippen LogP contribution in [-0.4, -0.2) is 48.1 Å². The highest BCUT2D eigenvalue weighted by Crippen LogP contribution is 2.28. The van der Waals surface area contributed by atoms with Crippen molar-refractivity contribution in [2.45, 2.75) is 6.92 Å². The summed E-state index contributed by atoms with van der Waals surface area (Å²) in [5, 5.41) is 13.1. The Morgan fingerprint density at radius 1 is 1.28 bits per heavy atom. The van der Waals surface area contributed by atoms with Crippen LogP contribution in [0, 0.1) is 17.0 Å². The number of likely N-dealkylation sites (N-methyl/N-ethyl adjacent to an activating group) is 1. The van der Waals surface area contributed by atoms with Crippen molar-refractivity contribution in [1.29, 1.82) is 0 Å². The lowest BCUT2D eigenvalue weighted by Gasteiger charge is -2.32. The van der Waals surface area contributed by atoms with E-state index in [0.29, 0.717) is 11.3 Å². The summed E-state index contributed by atoms with van der Waals surface area (Å²) in [6, 6.07) is 5.34. The monoisotopic (exact) mass is 250 g/mol. The highest BCUT2D eigenvalue weighted by atomic mass is 16.6. The molecule has 0 unspecified atom stereocenters. The minimum Gasteiger partial charge on any atom is -0.313 e. The van der Waals surface area contributed by atoms with E-state index in [1.54, 1.807) is 19.1 Å². The van der Waals surface area contributed by atoms with Crippen molar-refractivity contribution in [2.24, 2.45) is 0 Å². The third kappa shape index (κ3) is 2.77. The molecule has 0 radical (unpaired) electrons. The number of hydrogen-bond donors (Lipinski definition) is 1. The number of hydrogen-bond acceptors (Lipinski definition) is 5. The summed E-state index contributed by atoms with van der Waals surface area (Å²) >= 11 is 0. The molecule has 98 valence electrons. The summed E-state index contributed by atoms with van der Waals surface area (Å²) < 4.78 is 0. The van der Waals surface area contributed by atoms with Gasteiger partial charge in [0.15, 0.2) is 0 Å². The summed E-state index contributed by atoms with van der Waals surface area (Å²) in [6.45, 7) is 5.41. The first kappa shape index (κ1) is 12.8. The maximum absolute atomic E-state index is 11.1. The largest absolute Gasteiger partial charge is 0.313 e. The molecule has 1 fully saturated rings. The number of aryl methyl sites for hydroxylation is 1. The number of nitrogens with one attached hydrogen (secondary N) is 1. The van der Waals surface area contributed by atoms with Crippen molar-refractivity contribution in [3.8, 4) is 0 Å². The quantitative estimate of drug-likeness (QED) is 0.650. The van der Waals surface area contributed by atoms with Gasteiger partial charge in [0.1, 0.15) is 5.69 Å². The molecule has 18 heavy (non-hydrogen) atoms. The van der Waals surface area contributed by atoms with Crippen LogP contribution in [0.4, 0.5) is 11.4 Å². The highest BCUT2D eigenvalue weighted by Gasteiger charge is 2.20. The Morgan fingerprint density at radius 3 is 2.56 bits per heavy atom. The van der Waals surface area contributed by atoms with Crippen LogP contribution in [0.15, 0.2) is 18.2 Å². The van der Waals surface area contributed by atoms with Crippen LogP contribution in [0.1, 0.15) is 5.56 Å². The number of rotatable bonds is 3. The normalized spacial score (nSPS) is 17.7. The molecule has 1 aromatic carbocycles. The van der Waals surface area contributed by atoms with Gasteiger partial charge in [0.2, 0.25) is 0 Å². The lowest BCUT2D eigenvalue weighted by atomic mass is 10.2. The van der Waals surface area contributed by atoms with Crippen molar-refractivity contribution in [1.82, 2.24) is 9.91 Å². The first-order chi connectivity index (χ1) is 8.58. The smallest absolute Gasteiger partial charge is 0.296 e. The lowest BCUT2D eigenvalue weighted by Crippen LogP contribution is -2.47. The highest BCUT2D eigenvalue weighted by molar-refractivity contribution is 5.64. The summed E-state index contributed by atoms with van der Waals surface area (Å²) in [5.74, 6) is 0. The molecule has 0 aromatic heterocycles. The molecule has 1 heterocycles. The molecule has 0 atom stereocenters. The van der Waals surface area contributed by atoms with Crippen molar-refractivity contribution < 1.29 is 4.92 Å². The van der Waals surface area contributed by atoms with Crippen LogP contribution in [0.3, 0.4) is 0 Å². The fourth-order valence-corrected chi connectivity index (χ4v) is 2.08. The molecule has 0 spiro atoms. The Morgan fingerprint density at radius 2 is 1.94 bits per heavy atom. The van der Waals surface area contributed by atoms with Gasteiger partial charge in [-0.3, -0.25) is 10.1 Å². The Hall–Kier alpha value is -1.66. The van der Waals surface area contributed by atoms with Crippen molar-refractivity contribution in [3.05, 3.63) is 33.9 Å². The number of para-hydroxylation sites is 1. The Labute approximate surface area is 106 Å². The number of nitro benzene ring substituents is 1. The molecule has 0 bridgehead atoms. The zero-order valence-corrected chi connectivity index (χ0v) is 10.7. The van der Waals surface area contributed by atoms with Crippen molar-refractivity contribution in [2.75, 3.05) is 38.7 Å². The maximum Gasteiger partial charge on any atom is 0.296 e. The second-order valence-corrected chi connectivity index (χ2v) is 4.63. The van der Waals surface area contributed by atoms with E-state index in [4.69, 9.17) is 0 Å².